The lowest BCUT2D eigenvalue weighted by Crippen LogP contribution is -2.40. The Morgan fingerprint density at radius 1 is 1.21 bits per heavy atom. The van der Waals surface area contributed by atoms with Crippen LogP contribution in [0.5, 0.6) is 0 Å². The zero-order valence-electron chi connectivity index (χ0n) is 14.9. The molecule has 24 heavy (non-hydrogen) atoms. The van der Waals surface area contributed by atoms with Crippen LogP contribution in [-0.2, 0) is 14.6 Å². The SMILES string of the molecule is Cc1ccc(S(=O)(=O)C[C@@H](C)[C@H]2CC[C@H]3C(=O)CCC[C@]23C)cc1. The Morgan fingerprint density at radius 3 is 2.54 bits per heavy atom. The quantitative estimate of drug-likeness (QED) is 0.820. The van der Waals surface area contributed by atoms with Crippen molar-refractivity contribution in [1.29, 1.82) is 0 Å². The third-order valence-corrected chi connectivity index (χ3v) is 8.44. The van der Waals surface area contributed by atoms with Crippen LogP contribution in [0, 0.1) is 30.1 Å². The highest BCUT2D eigenvalue weighted by molar-refractivity contribution is 7.91. The van der Waals surface area contributed by atoms with E-state index in [1.54, 1.807) is 12.1 Å². The van der Waals surface area contributed by atoms with Gasteiger partial charge in [-0.1, -0.05) is 31.5 Å². The van der Waals surface area contributed by atoms with Crippen LogP contribution < -0.4 is 0 Å². The van der Waals surface area contributed by atoms with Crippen molar-refractivity contribution < 1.29 is 13.2 Å². The number of aryl methyl sites for hydroxylation is 1. The Morgan fingerprint density at radius 2 is 1.88 bits per heavy atom. The molecule has 0 radical (unpaired) electrons. The molecule has 4 atom stereocenters. The van der Waals surface area contributed by atoms with Gasteiger partial charge in [-0.05, 0) is 62.0 Å². The Bertz CT molecular complexity index is 720. The molecule has 2 fully saturated rings. The van der Waals surface area contributed by atoms with E-state index in [2.05, 4.69) is 13.8 Å². The summed E-state index contributed by atoms with van der Waals surface area (Å²) in [6, 6.07) is 7.12. The molecule has 2 aliphatic rings. The fourth-order valence-corrected chi connectivity index (χ4v) is 6.88. The second-order valence-electron chi connectivity index (χ2n) is 8.13. The van der Waals surface area contributed by atoms with Gasteiger partial charge in [0.1, 0.15) is 5.78 Å². The van der Waals surface area contributed by atoms with Crippen molar-refractivity contribution in [3.63, 3.8) is 0 Å². The topological polar surface area (TPSA) is 51.2 Å². The monoisotopic (exact) mass is 348 g/mol. The van der Waals surface area contributed by atoms with Crippen LogP contribution in [0.25, 0.3) is 0 Å². The van der Waals surface area contributed by atoms with E-state index in [-0.39, 0.29) is 23.0 Å². The summed E-state index contributed by atoms with van der Waals surface area (Å²) in [5, 5.41) is 0. The lowest BCUT2D eigenvalue weighted by molar-refractivity contribution is -0.129. The average molecular weight is 349 g/mol. The van der Waals surface area contributed by atoms with Crippen molar-refractivity contribution in [1.82, 2.24) is 0 Å². The molecule has 0 amide bonds. The number of rotatable bonds is 4. The largest absolute Gasteiger partial charge is 0.299 e. The van der Waals surface area contributed by atoms with E-state index in [0.717, 1.165) is 31.2 Å². The minimum atomic E-state index is -3.28. The van der Waals surface area contributed by atoms with E-state index in [9.17, 15) is 13.2 Å². The van der Waals surface area contributed by atoms with Crippen LogP contribution in [-0.4, -0.2) is 20.0 Å². The fraction of sp³-hybridized carbons (Fsp3) is 0.650. The molecule has 132 valence electrons. The van der Waals surface area contributed by atoms with Crippen LogP contribution in [0.1, 0.15) is 51.5 Å². The number of carbonyl (C=O) groups is 1. The molecule has 0 aliphatic heterocycles. The van der Waals surface area contributed by atoms with Crippen LogP contribution >= 0.6 is 0 Å². The molecule has 2 aliphatic carbocycles. The lowest BCUT2D eigenvalue weighted by atomic mass is 9.62. The molecule has 3 nitrogen and oxygen atoms in total. The molecule has 0 bridgehead atoms. The highest BCUT2D eigenvalue weighted by Crippen LogP contribution is 2.56. The van der Waals surface area contributed by atoms with Gasteiger partial charge >= 0.3 is 0 Å². The smallest absolute Gasteiger partial charge is 0.178 e. The summed E-state index contributed by atoms with van der Waals surface area (Å²) in [4.78, 5) is 12.7. The van der Waals surface area contributed by atoms with Crippen molar-refractivity contribution in [2.75, 3.05) is 5.75 Å². The van der Waals surface area contributed by atoms with Crippen LogP contribution in [0.4, 0.5) is 0 Å². The van der Waals surface area contributed by atoms with E-state index in [1.165, 1.54) is 0 Å². The van der Waals surface area contributed by atoms with Gasteiger partial charge in [0.05, 0.1) is 10.6 Å². The van der Waals surface area contributed by atoms with Crippen molar-refractivity contribution in [3.8, 4) is 0 Å². The van der Waals surface area contributed by atoms with E-state index in [4.69, 9.17) is 0 Å². The standard InChI is InChI=1S/C20H28O3S/c1-14-6-8-16(9-7-14)24(22,23)13-15(2)17-10-11-18-19(21)5-4-12-20(17,18)3/h6-9,15,17-18H,4-5,10-13H2,1-3H3/t15-,17-,18+,20-/m1/s1. The molecule has 0 heterocycles. The molecule has 0 unspecified atom stereocenters. The first-order valence-electron chi connectivity index (χ1n) is 9.06. The fourth-order valence-electron chi connectivity index (χ4n) is 5.21. The van der Waals surface area contributed by atoms with Gasteiger partial charge in [-0.25, -0.2) is 8.42 Å². The first-order chi connectivity index (χ1) is 11.2. The van der Waals surface area contributed by atoms with E-state index in [1.807, 2.05) is 19.1 Å². The van der Waals surface area contributed by atoms with E-state index >= 15 is 0 Å². The molecule has 0 spiro atoms. The van der Waals surface area contributed by atoms with Gasteiger partial charge in [-0.3, -0.25) is 4.79 Å². The summed E-state index contributed by atoms with van der Waals surface area (Å²) in [6.07, 6.45) is 4.65. The first-order valence-corrected chi connectivity index (χ1v) is 10.7. The maximum absolute atomic E-state index is 12.8. The maximum atomic E-state index is 12.8. The zero-order chi connectivity index (χ0) is 17.5. The number of hydrogen-bond acceptors (Lipinski definition) is 3. The van der Waals surface area contributed by atoms with Gasteiger partial charge in [0.2, 0.25) is 0 Å². The number of ketones is 1. The molecular weight excluding hydrogens is 320 g/mol. The average Bonchev–Trinajstić information content (AvgIpc) is 2.86. The zero-order valence-corrected chi connectivity index (χ0v) is 15.7. The van der Waals surface area contributed by atoms with Crippen LogP contribution in [0.3, 0.4) is 0 Å². The maximum Gasteiger partial charge on any atom is 0.178 e. The molecule has 0 N–H and O–H groups in total. The van der Waals surface area contributed by atoms with Gasteiger partial charge in [-0.15, -0.1) is 0 Å². The number of hydrogen-bond donors (Lipinski definition) is 0. The third-order valence-electron chi connectivity index (χ3n) is 6.49. The normalized spacial score (nSPS) is 31.7. The van der Waals surface area contributed by atoms with E-state index in [0.29, 0.717) is 23.0 Å². The second kappa shape index (κ2) is 6.29. The highest BCUT2D eigenvalue weighted by Gasteiger charge is 2.52. The van der Waals surface area contributed by atoms with Crippen molar-refractivity contribution >= 4 is 15.6 Å². The summed E-state index contributed by atoms with van der Waals surface area (Å²) < 4.78 is 25.5. The van der Waals surface area contributed by atoms with E-state index < -0.39 is 9.84 Å². The third kappa shape index (κ3) is 3.05. The van der Waals surface area contributed by atoms with Gasteiger partial charge in [0, 0.05) is 12.3 Å². The Hall–Kier alpha value is -1.16. The Kier molecular flexibility index (Phi) is 4.63. The summed E-state index contributed by atoms with van der Waals surface area (Å²) in [7, 11) is -3.28. The predicted octanol–water partition coefficient (Wildman–Crippen LogP) is 4.19. The molecule has 2 saturated carbocycles. The molecule has 0 saturated heterocycles. The Balaban J connectivity index is 1.78. The van der Waals surface area contributed by atoms with Crippen molar-refractivity contribution in [3.05, 3.63) is 29.8 Å². The molecule has 1 aromatic carbocycles. The number of carbonyl (C=O) groups excluding carboxylic acids is 1. The molecule has 4 heteroatoms. The molecular formula is C20H28O3S. The molecule has 3 rings (SSSR count). The van der Waals surface area contributed by atoms with Crippen molar-refractivity contribution in [2.24, 2.45) is 23.2 Å². The first kappa shape index (κ1) is 17.7. The number of Topliss-reactive ketones (excluding diaryl/α,β-unsaturated/α-hetero) is 1. The second-order valence-corrected chi connectivity index (χ2v) is 10.2. The van der Waals surface area contributed by atoms with Gasteiger partial charge in [0.15, 0.2) is 9.84 Å². The minimum absolute atomic E-state index is 0.00243. The molecule has 0 aromatic heterocycles. The van der Waals surface area contributed by atoms with Crippen LogP contribution in [0.2, 0.25) is 0 Å². The lowest BCUT2D eigenvalue weighted by Gasteiger charge is -2.42. The summed E-state index contributed by atoms with van der Waals surface area (Å²) in [6.45, 7) is 6.24. The number of benzene rings is 1. The minimum Gasteiger partial charge on any atom is -0.299 e. The number of sulfone groups is 1. The summed E-state index contributed by atoms with van der Waals surface area (Å²) in [5.41, 5.74) is 1.06. The Labute approximate surface area is 145 Å². The predicted molar refractivity (Wildman–Crippen MR) is 95.6 cm³/mol. The molecule has 1 aromatic rings. The summed E-state index contributed by atoms with van der Waals surface area (Å²) in [5.74, 6) is 1.14. The summed E-state index contributed by atoms with van der Waals surface area (Å²) >= 11 is 0. The number of fused-ring (bicyclic) bond motifs is 1. The van der Waals surface area contributed by atoms with Crippen molar-refractivity contribution in [2.45, 2.75) is 57.8 Å². The van der Waals surface area contributed by atoms with Gasteiger partial charge in [-0.2, -0.15) is 0 Å². The van der Waals surface area contributed by atoms with Crippen LogP contribution in [0.15, 0.2) is 29.2 Å². The van der Waals surface area contributed by atoms with Gasteiger partial charge < -0.3 is 0 Å². The highest BCUT2D eigenvalue weighted by atomic mass is 32.2. The van der Waals surface area contributed by atoms with Gasteiger partial charge in [0.25, 0.3) is 0 Å².